The van der Waals surface area contributed by atoms with Crippen molar-refractivity contribution >= 4 is 23.5 Å². The number of amides is 2. The van der Waals surface area contributed by atoms with Crippen LogP contribution in [0.1, 0.15) is 20.7 Å². The summed E-state index contributed by atoms with van der Waals surface area (Å²) in [5.41, 5.74) is 11.2. The van der Waals surface area contributed by atoms with Gasteiger partial charge in [-0.2, -0.15) is 0 Å². The number of imide groups is 1. The smallest absolute Gasteiger partial charge is 0.261 e. The van der Waals surface area contributed by atoms with E-state index in [1.807, 2.05) is 0 Å². The molecule has 0 spiro atoms. The van der Waals surface area contributed by atoms with Gasteiger partial charge in [0.25, 0.3) is 11.8 Å². The molecule has 6 nitrogen and oxygen atoms in total. The molecular formula is C9H8N4O2. The molecule has 1 aromatic carbocycles. The number of nitrogens with zero attached hydrogens (tertiary/aromatic N) is 1. The van der Waals surface area contributed by atoms with Gasteiger partial charge in [0.15, 0.2) is 5.96 Å². The van der Waals surface area contributed by atoms with Crippen LogP contribution in [0.5, 0.6) is 0 Å². The average molecular weight is 204 g/mol. The number of nitrogens with one attached hydrogen (secondary N) is 1. The van der Waals surface area contributed by atoms with Crippen molar-refractivity contribution in [3.05, 3.63) is 29.3 Å². The second-order valence-electron chi connectivity index (χ2n) is 3.02. The first-order chi connectivity index (χ1) is 7.09. The lowest BCUT2D eigenvalue weighted by Crippen LogP contribution is -2.22. The van der Waals surface area contributed by atoms with Gasteiger partial charge in [-0.1, -0.05) is 6.07 Å². The van der Waals surface area contributed by atoms with Crippen molar-refractivity contribution < 1.29 is 9.59 Å². The van der Waals surface area contributed by atoms with E-state index in [9.17, 15) is 9.59 Å². The average Bonchev–Trinajstić information content (AvgIpc) is 2.43. The molecule has 0 saturated heterocycles. The molecular weight excluding hydrogens is 196 g/mol. The van der Waals surface area contributed by atoms with Crippen molar-refractivity contribution in [1.29, 1.82) is 0 Å². The Kier molecular flexibility index (Phi) is 1.89. The van der Waals surface area contributed by atoms with Gasteiger partial charge in [0.1, 0.15) is 0 Å². The first-order valence-electron chi connectivity index (χ1n) is 4.18. The number of hydrogen-bond donors (Lipinski definition) is 3. The summed E-state index contributed by atoms with van der Waals surface area (Å²) in [7, 11) is 0. The SMILES string of the molecule is NC(N)=Nc1cccc2c1C(=O)NC2=O. The minimum atomic E-state index is -0.476. The second-order valence-corrected chi connectivity index (χ2v) is 3.02. The summed E-state index contributed by atoms with van der Waals surface area (Å²) >= 11 is 0. The zero-order valence-electron chi connectivity index (χ0n) is 7.65. The molecule has 15 heavy (non-hydrogen) atoms. The summed E-state index contributed by atoms with van der Waals surface area (Å²) in [6.07, 6.45) is 0. The molecule has 0 bridgehead atoms. The van der Waals surface area contributed by atoms with Crippen LogP contribution in [-0.4, -0.2) is 17.8 Å². The number of hydrogen-bond acceptors (Lipinski definition) is 3. The Labute approximate surface area is 85.0 Å². The fraction of sp³-hybridized carbons (Fsp3) is 0. The van der Waals surface area contributed by atoms with Crippen molar-refractivity contribution in [2.75, 3.05) is 0 Å². The van der Waals surface area contributed by atoms with Crippen LogP contribution in [0.25, 0.3) is 0 Å². The topological polar surface area (TPSA) is 111 Å². The summed E-state index contributed by atoms with van der Waals surface area (Å²) in [6.45, 7) is 0. The third kappa shape index (κ3) is 1.41. The number of fused-ring (bicyclic) bond motifs is 1. The van der Waals surface area contributed by atoms with Gasteiger partial charge >= 0.3 is 0 Å². The molecule has 0 aromatic heterocycles. The first kappa shape index (κ1) is 9.20. The van der Waals surface area contributed by atoms with Crippen LogP contribution < -0.4 is 16.8 Å². The molecule has 1 aliphatic heterocycles. The molecule has 0 radical (unpaired) electrons. The van der Waals surface area contributed by atoms with E-state index in [1.54, 1.807) is 18.2 Å². The van der Waals surface area contributed by atoms with Gasteiger partial charge in [0.2, 0.25) is 0 Å². The number of aliphatic imine (C=N–C) groups is 1. The van der Waals surface area contributed by atoms with Gasteiger partial charge < -0.3 is 11.5 Å². The van der Waals surface area contributed by atoms with Crippen LogP contribution in [-0.2, 0) is 0 Å². The number of rotatable bonds is 1. The highest BCUT2D eigenvalue weighted by Crippen LogP contribution is 2.26. The lowest BCUT2D eigenvalue weighted by atomic mass is 10.1. The summed E-state index contributed by atoms with van der Waals surface area (Å²) < 4.78 is 0. The van der Waals surface area contributed by atoms with E-state index >= 15 is 0 Å². The lowest BCUT2D eigenvalue weighted by molar-refractivity contribution is 0.0880. The summed E-state index contributed by atoms with van der Waals surface area (Å²) in [5.74, 6) is -1.06. The summed E-state index contributed by atoms with van der Waals surface area (Å²) in [4.78, 5) is 26.4. The lowest BCUT2D eigenvalue weighted by Gasteiger charge is -1.99. The van der Waals surface area contributed by atoms with Gasteiger partial charge in [-0.25, -0.2) is 4.99 Å². The van der Waals surface area contributed by atoms with Crippen molar-refractivity contribution in [2.24, 2.45) is 16.5 Å². The van der Waals surface area contributed by atoms with Gasteiger partial charge in [-0.05, 0) is 12.1 Å². The Balaban J connectivity index is 2.66. The van der Waals surface area contributed by atoms with Crippen molar-refractivity contribution in [2.45, 2.75) is 0 Å². The first-order valence-corrected chi connectivity index (χ1v) is 4.18. The van der Waals surface area contributed by atoms with Crippen LogP contribution in [0.15, 0.2) is 23.2 Å². The predicted octanol–water partition coefficient (Wildman–Crippen LogP) is -0.525. The number of carbonyl (C=O) groups excluding carboxylic acids is 2. The highest BCUT2D eigenvalue weighted by Gasteiger charge is 2.29. The van der Waals surface area contributed by atoms with Crippen LogP contribution >= 0.6 is 0 Å². The van der Waals surface area contributed by atoms with E-state index in [0.29, 0.717) is 11.3 Å². The molecule has 2 amide bonds. The van der Waals surface area contributed by atoms with Crippen LogP contribution in [0.2, 0.25) is 0 Å². The molecule has 2 rings (SSSR count). The van der Waals surface area contributed by atoms with Gasteiger partial charge in [-0.3, -0.25) is 14.9 Å². The van der Waals surface area contributed by atoms with E-state index in [2.05, 4.69) is 10.3 Å². The third-order valence-corrected chi connectivity index (χ3v) is 1.99. The molecule has 1 aliphatic rings. The molecule has 76 valence electrons. The minimum absolute atomic E-state index is 0.157. The molecule has 0 atom stereocenters. The molecule has 1 aromatic rings. The summed E-state index contributed by atoms with van der Waals surface area (Å²) in [6, 6.07) is 4.72. The third-order valence-electron chi connectivity index (χ3n) is 1.99. The van der Waals surface area contributed by atoms with E-state index in [0.717, 1.165) is 0 Å². The number of guanidine groups is 1. The van der Waals surface area contributed by atoms with E-state index in [1.165, 1.54) is 0 Å². The van der Waals surface area contributed by atoms with Gasteiger partial charge in [0, 0.05) is 0 Å². The van der Waals surface area contributed by atoms with Crippen molar-refractivity contribution in [3.8, 4) is 0 Å². The van der Waals surface area contributed by atoms with E-state index in [-0.39, 0.29) is 11.5 Å². The molecule has 6 heteroatoms. The Bertz CT molecular complexity index is 489. The zero-order chi connectivity index (χ0) is 11.0. The summed E-state index contributed by atoms with van der Waals surface area (Å²) in [5, 5.41) is 2.17. The Morgan fingerprint density at radius 1 is 1.20 bits per heavy atom. The maximum absolute atomic E-state index is 11.4. The standard InChI is InChI=1S/C9H8N4O2/c10-9(11)12-5-3-1-2-4-6(5)8(15)13-7(4)14/h1-3H,(H4,10,11,12)(H,13,14,15). The molecule has 0 fully saturated rings. The van der Waals surface area contributed by atoms with Crippen molar-refractivity contribution in [3.63, 3.8) is 0 Å². The number of benzene rings is 1. The molecule has 5 N–H and O–H groups in total. The maximum Gasteiger partial charge on any atom is 0.261 e. The van der Waals surface area contributed by atoms with E-state index in [4.69, 9.17) is 11.5 Å². The van der Waals surface area contributed by atoms with Crippen LogP contribution in [0.3, 0.4) is 0 Å². The van der Waals surface area contributed by atoms with Crippen LogP contribution in [0.4, 0.5) is 5.69 Å². The Morgan fingerprint density at radius 3 is 2.60 bits per heavy atom. The minimum Gasteiger partial charge on any atom is -0.370 e. The van der Waals surface area contributed by atoms with Crippen molar-refractivity contribution in [1.82, 2.24) is 5.32 Å². The molecule has 0 saturated carbocycles. The zero-order valence-corrected chi connectivity index (χ0v) is 7.65. The Hall–Kier alpha value is -2.37. The molecule has 0 aliphatic carbocycles. The van der Waals surface area contributed by atoms with Crippen LogP contribution in [0, 0.1) is 0 Å². The van der Waals surface area contributed by atoms with E-state index < -0.39 is 11.8 Å². The highest BCUT2D eigenvalue weighted by molar-refractivity contribution is 6.23. The molecule has 1 heterocycles. The molecule has 0 unspecified atom stereocenters. The fourth-order valence-electron chi connectivity index (χ4n) is 1.43. The fourth-order valence-corrected chi connectivity index (χ4v) is 1.43. The number of nitrogens with two attached hydrogens (primary N) is 2. The number of carbonyl (C=O) groups is 2. The second kappa shape index (κ2) is 3.09. The predicted molar refractivity (Wildman–Crippen MR) is 53.7 cm³/mol. The highest BCUT2D eigenvalue weighted by atomic mass is 16.2. The normalized spacial score (nSPS) is 13.3. The monoisotopic (exact) mass is 204 g/mol. The quantitative estimate of drug-likeness (QED) is 0.324. The largest absolute Gasteiger partial charge is 0.370 e. The Morgan fingerprint density at radius 2 is 1.93 bits per heavy atom. The maximum atomic E-state index is 11.4. The van der Waals surface area contributed by atoms with Gasteiger partial charge in [-0.15, -0.1) is 0 Å². The van der Waals surface area contributed by atoms with Gasteiger partial charge in [0.05, 0.1) is 16.8 Å².